The third-order valence-electron chi connectivity index (χ3n) is 5.14. The van der Waals surface area contributed by atoms with Gasteiger partial charge >= 0.3 is 6.03 Å². The van der Waals surface area contributed by atoms with Crippen LogP contribution in [0.25, 0.3) is 11.3 Å². The molecule has 0 unspecified atom stereocenters. The summed E-state index contributed by atoms with van der Waals surface area (Å²) in [5, 5.41) is 5.11. The molecule has 2 aromatic rings. The van der Waals surface area contributed by atoms with Crippen molar-refractivity contribution in [3.63, 3.8) is 0 Å². The zero-order chi connectivity index (χ0) is 19.0. The van der Waals surface area contributed by atoms with E-state index in [0.29, 0.717) is 41.0 Å². The number of carbonyl (C=O) groups is 2. The van der Waals surface area contributed by atoms with Crippen LogP contribution >= 0.6 is 11.6 Å². The highest BCUT2D eigenvalue weighted by molar-refractivity contribution is 6.30. The summed E-state index contributed by atoms with van der Waals surface area (Å²) in [5.74, 6) is -0.154. The van der Waals surface area contributed by atoms with E-state index in [9.17, 15) is 9.59 Å². The van der Waals surface area contributed by atoms with Gasteiger partial charge in [-0.15, -0.1) is 0 Å². The fourth-order valence-electron chi connectivity index (χ4n) is 3.42. The van der Waals surface area contributed by atoms with Crippen molar-refractivity contribution in [2.45, 2.75) is 32.4 Å². The number of amides is 3. The van der Waals surface area contributed by atoms with E-state index in [-0.39, 0.29) is 12.6 Å². The summed E-state index contributed by atoms with van der Waals surface area (Å²) in [4.78, 5) is 30.3. The van der Waals surface area contributed by atoms with Crippen molar-refractivity contribution in [3.05, 3.63) is 40.5 Å². The second-order valence-corrected chi connectivity index (χ2v) is 7.38. The van der Waals surface area contributed by atoms with Crippen molar-refractivity contribution in [3.8, 4) is 11.3 Å². The minimum absolute atomic E-state index is 0.257. The molecule has 1 aromatic heterocycles. The second-order valence-electron chi connectivity index (χ2n) is 6.94. The van der Waals surface area contributed by atoms with Crippen LogP contribution in [0.2, 0.25) is 5.02 Å². The fraction of sp³-hybridized carbons (Fsp3) is 0.368. The van der Waals surface area contributed by atoms with Crippen LogP contribution in [0.5, 0.6) is 0 Å². The van der Waals surface area contributed by atoms with Crippen molar-refractivity contribution >= 4 is 29.8 Å². The average Bonchev–Trinajstić information content (AvgIpc) is 2.99. The quantitative estimate of drug-likeness (QED) is 0.822. The van der Waals surface area contributed by atoms with E-state index in [1.54, 1.807) is 34.0 Å². The van der Waals surface area contributed by atoms with Crippen molar-refractivity contribution in [2.24, 2.45) is 16.6 Å². The maximum absolute atomic E-state index is 12.4. The van der Waals surface area contributed by atoms with Gasteiger partial charge in [-0.2, -0.15) is 5.10 Å². The van der Waals surface area contributed by atoms with E-state index >= 15 is 0 Å². The van der Waals surface area contributed by atoms with Crippen LogP contribution in [0.4, 0.5) is 4.79 Å². The number of aromatic nitrogens is 2. The van der Waals surface area contributed by atoms with Gasteiger partial charge in [-0.1, -0.05) is 30.2 Å². The normalized spacial score (nSPS) is 17.0. The monoisotopic (exact) mass is 385 g/mol. The minimum Gasteiger partial charge on any atom is -0.365 e. The Morgan fingerprint density at radius 2 is 2.11 bits per heavy atom. The first-order chi connectivity index (χ1) is 13.0. The lowest BCUT2D eigenvalue weighted by molar-refractivity contribution is 0.0997. The topological polar surface area (TPSA) is 93.6 Å². The number of hydrogen-bond acceptors (Lipinski definition) is 3. The van der Waals surface area contributed by atoms with Gasteiger partial charge < -0.3 is 10.6 Å². The zero-order valence-electron chi connectivity index (χ0n) is 14.8. The Bertz CT molecular complexity index is 932. The Balaban J connectivity index is 1.63. The summed E-state index contributed by atoms with van der Waals surface area (Å²) in [7, 11) is 0. The van der Waals surface area contributed by atoms with Crippen LogP contribution < -0.4 is 5.73 Å². The molecule has 1 aliphatic carbocycles. The van der Waals surface area contributed by atoms with Gasteiger partial charge in [0.05, 0.1) is 24.3 Å². The SMILES string of the molecule is NC(=O)c1c(-c2cccc(Cl)c2)nn2c1CN(C(=O)/N=C/C1CCC1)CC2. The van der Waals surface area contributed by atoms with Crippen LogP contribution in [-0.2, 0) is 13.1 Å². The molecule has 1 fully saturated rings. The highest BCUT2D eigenvalue weighted by Gasteiger charge is 2.29. The van der Waals surface area contributed by atoms with Gasteiger partial charge in [-0.25, -0.2) is 9.79 Å². The van der Waals surface area contributed by atoms with E-state index in [0.717, 1.165) is 18.4 Å². The molecular formula is C19H20ClN5O2. The summed E-state index contributed by atoms with van der Waals surface area (Å²) in [5.41, 5.74) is 7.83. The Hall–Kier alpha value is -2.67. The van der Waals surface area contributed by atoms with E-state index < -0.39 is 5.91 Å². The van der Waals surface area contributed by atoms with Gasteiger partial charge in [-0.3, -0.25) is 9.48 Å². The van der Waals surface area contributed by atoms with Crippen LogP contribution in [-0.4, -0.2) is 39.4 Å². The summed E-state index contributed by atoms with van der Waals surface area (Å²) in [6.45, 7) is 1.23. The lowest BCUT2D eigenvalue weighted by atomic mass is 9.87. The molecule has 3 amide bonds. The van der Waals surface area contributed by atoms with Crippen LogP contribution in [0, 0.1) is 5.92 Å². The van der Waals surface area contributed by atoms with Crippen molar-refractivity contribution in [1.82, 2.24) is 14.7 Å². The summed E-state index contributed by atoms with van der Waals surface area (Å²) in [6.07, 6.45) is 5.14. The predicted octanol–water partition coefficient (Wildman–Crippen LogP) is 3.11. The molecule has 1 aliphatic heterocycles. The molecule has 0 saturated heterocycles. The maximum atomic E-state index is 12.4. The van der Waals surface area contributed by atoms with Gasteiger partial charge in [-0.05, 0) is 30.9 Å². The predicted molar refractivity (Wildman–Crippen MR) is 103 cm³/mol. The number of nitrogens with zero attached hydrogens (tertiary/aromatic N) is 4. The first kappa shape index (κ1) is 17.7. The molecule has 0 radical (unpaired) electrons. The highest BCUT2D eigenvalue weighted by Crippen LogP contribution is 2.30. The van der Waals surface area contributed by atoms with Crippen molar-refractivity contribution < 1.29 is 9.59 Å². The Kier molecular flexibility index (Phi) is 4.70. The third-order valence-corrected chi connectivity index (χ3v) is 5.38. The molecule has 0 atom stereocenters. The second kappa shape index (κ2) is 7.15. The molecule has 140 valence electrons. The molecule has 27 heavy (non-hydrogen) atoms. The number of halogens is 1. The van der Waals surface area contributed by atoms with Crippen LogP contribution in [0.3, 0.4) is 0 Å². The molecule has 4 rings (SSSR count). The van der Waals surface area contributed by atoms with Crippen molar-refractivity contribution in [2.75, 3.05) is 6.54 Å². The van der Waals surface area contributed by atoms with Gasteiger partial charge in [0.15, 0.2) is 0 Å². The molecule has 2 N–H and O–H groups in total. The third kappa shape index (κ3) is 3.47. The number of primary amides is 1. The molecule has 2 aliphatic rings. The number of rotatable bonds is 3. The van der Waals surface area contributed by atoms with Crippen molar-refractivity contribution in [1.29, 1.82) is 0 Å². The summed E-state index contributed by atoms with van der Waals surface area (Å²) >= 11 is 6.08. The number of hydrogen-bond donors (Lipinski definition) is 1. The molecule has 2 heterocycles. The number of urea groups is 1. The molecule has 1 aromatic carbocycles. The number of aliphatic imine (C=N–C) groups is 1. The number of benzene rings is 1. The summed E-state index contributed by atoms with van der Waals surface area (Å²) in [6, 6.07) is 6.85. The van der Waals surface area contributed by atoms with Crippen LogP contribution in [0.1, 0.15) is 35.3 Å². The standard InChI is InChI=1S/C19H20ClN5O2/c20-14-6-2-5-13(9-14)17-16(18(21)26)15-11-24(7-8-25(15)23-17)19(27)22-10-12-3-1-4-12/h2,5-6,9-10,12H,1,3-4,7-8,11H2,(H2,21,26)/b22-10+. The Labute approximate surface area is 161 Å². The summed E-state index contributed by atoms with van der Waals surface area (Å²) < 4.78 is 1.75. The molecule has 0 spiro atoms. The average molecular weight is 386 g/mol. The van der Waals surface area contributed by atoms with E-state index in [1.807, 2.05) is 6.07 Å². The van der Waals surface area contributed by atoms with Crippen LogP contribution in [0.15, 0.2) is 29.3 Å². The largest absolute Gasteiger partial charge is 0.365 e. The fourth-order valence-corrected chi connectivity index (χ4v) is 3.61. The smallest absolute Gasteiger partial charge is 0.343 e. The Morgan fingerprint density at radius 1 is 1.30 bits per heavy atom. The molecule has 7 nitrogen and oxygen atoms in total. The maximum Gasteiger partial charge on any atom is 0.343 e. The number of carbonyl (C=O) groups excluding carboxylic acids is 2. The lowest BCUT2D eigenvalue weighted by Gasteiger charge is -2.27. The molecule has 8 heteroatoms. The van der Waals surface area contributed by atoms with E-state index in [1.165, 1.54) is 6.42 Å². The first-order valence-electron chi connectivity index (χ1n) is 9.01. The molecule has 1 saturated carbocycles. The number of nitrogens with two attached hydrogens (primary N) is 1. The molecular weight excluding hydrogens is 366 g/mol. The van der Waals surface area contributed by atoms with Gasteiger partial charge in [0.25, 0.3) is 5.91 Å². The number of fused-ring (bicyclic) bond motifs is 1. The minimum atomic E-state index is -0.571. The highest BCUT2D eigenvalue weighted by atomic mass is 35.5. The van der Waals surface area contributed by atoms with Gasteiger partial charge in [0.2, 0.25) is 0 Å². The van der Waals surface area contributed by atoms with E-state index in [4.69, 9.17) is 17.3 Å². The van der Waals surface area contributed by atoms with Gasteiger partial charge in [0.1, 0.15) is 5.69 Å². The zero-order valence-corrected chi connectivity index (χ0v) is 15.5. The Morgan fingerprint density at radius 3 is 2.78 bits per heavy atom. The van der Waals surface area contributed by atoms with Gasteiger partial charge in [0, 0.05) is 23.3 Å². The van der Waals surface area contributed by atoms with E-state index in [2.05, 4.69) is 10.1 Å². The lowest BCUT2D eigenvalue weighted by Crippen LogP contribution is -2.38. The molecule has 0 bridgehead atoms. The first-order valence-corrected chi connectivity index (χ1v) is 9.39.